The van der Waals surface area contributed by atoms with Gasteiger partial charge in [0.25, 0.3) is 0 Å². The summed E-state index contributed by atoms with van der Waals surface area (Å²) in [4.78, 5) is 0. The fraction of sp³-hybridized carbons (Fsp3) is 0.250. The number of rotatable bonds is 1. The van der Waals surface area contributed by atoms with E-state index in [4.69, 9.17) is 5.73 Å². The molecule has 54 valence electrons. The molecule has 0 bridgehead atoms. The van der Waals surface area contributed by atoms with Gasteiger partial charge in [-0.05, 0) is 18.6 Å². The normalized spacial score (nSPS) is 13.0. The average molecular weight is 153 g/mol. The minimum absolute atomic E-state index is 0.223. The molecule has 1 aromatic rings. The summed E-state index contributed by atoms with van der Waals surface area (Å²) in [5, 5.41) is 0.223. The standard InChI is InChI=1S/C8H11NS/c1-6(10)7-4-2-3-5-8(7)9/h2-6,10H,9H2,1H3. The van der Waals surface area contributed by atoms with Crippen molar-refractivity contribution in [1.82, 2.24) is 0 Å². The number of hydrogen-bond donors (Lipinski definition) is 2. The SMILES string of the molecule is CC(S)c1ccccc1N. The van der Waals surface area contributed by atoms with Gasteiger partial charge in [0.1, 0.15) is 0 Å². The van der Waals surface area contributed by atoms with Crippen molar-refractivity contribution in [2.24, 2.45) is 0 Å². The Morgan fingerprint density at radius 3 is 2.40 bits per heavy atom. The molecule has 0 aliphatic rings. The van der Waals surface area contributed by atoms with E-state index >= 15 is 0 Å². The van der Waals surface area contributed by atoms with E-state index in [0.717, 1.165) is 11.3 Å². The van der Waals surface area contributed by atoms with Crippen LogP contribution in [0.15, 0.2) is 24.3 Å². The third-order valence-corrected chi connectivity index (χ3v) is 1.72. The van der Waals surface area contributed by atoms with Crippen LogP contribution < -0.4 is 5.73 Å². The van der Waals surface area contributed by atoms with Crippen molar-refractivity contribution in [3.8, 4) is 0 Å². The zero-order valence-electron chi connectivity index (χ0n) is 5.91. The van der Waals surface area contributed by atoms with Gasteiger partial charge in [-0.3, -0.25) is 0 Å². The predicted molar refractivity (Wildman–Crippen MR) is 48.3 cm³/mol. The van der Waals surface area contributed by atoms with Crippen LogP contribution in [0, 0.1) is 0 Å². The van der Waals surface area contributed by atoms with Crippen LogP contribution in [-0.2, 0) is 0 Å². The molecule has 1 aromatic carbocycles. The van der Waals surface area contributed by atoms with Crippen molar-refractivity contribution in [2.45, 2.75) is 12.2 Å². The lowest BCUT2D eigenvalue weighted by Crippen LogP contribution is -1.93. The predicted octanol–water partition coefficient (Wildman–Crippen LogP) is 2.26. The summed E-state index contributed by atoms with van der Waals surface area (Å²) >= 11 is 4.28. The monoisotopic (exact) mass is 153 g/mol. The molecule has 0 saturated carbocycles. The number of hydrogen-bond acceptors (Lipinski definition) is 2. The van der Waals surface area contributed by atoms with Gasteiger partial charge in [-0.2, -0.15) is 12.6 Å². The van der Waals surface area contributed by atoms with Crippen LogP contribution in [0.25, 0.3) is 0 Å². The average Bonchev–Trinajstić information content (AvgIpc) is 1.88. The van der Waals surface area contributed by atoms with E-state index in [9.17, 15) is 0 Å². The first-order valence-corrected chi connectivity index (χ1v) is 3.76. The molecule has 0 aliphatic heterocycles. The molecule has 1 unspecified atom stereocenters. The van der Waals surface area contributed by atoms with Crippen molar-refractivity contribution in [2.75, 3.05) is 5.73 Å². The molecular formula is C8H11NS. The fourth-order valence-corrected chi connectivity index (χ4v) is 1.13. The van der Waals surface area contributed by atoms with Gasteiger partial charge in [-0.15, -0.1) is 0 Å². The van der Waals surface area contributed by atoms with Gasteiger partial charge in [0, 0.05) is 10.9 Å². The van der Waals surface area contributed by atoms with Gasteiger partial charge in [-0.25, -0.2) is 0 Å². The summed E-state index contributed by atoms with van der Waals surface area (Å²) in [6.45, 7) is 2.01. The number of nitrogen functional groups attached to an aromatic ring is 1. The third kappa shape index (κ3) is 1.45. The van der Waals surface area contributed by atoms with Crippen molar-refractivity contribution in [3.05, 3.63) is 29.8 Å². The smallest absolute Gasteiger partial charge is 0.0357 e. The van der Waals surface area contributed by atoms with E-state index in [1.807, 2.05) is 31.2 Å². The summed E-state index contributed by atoms with van der Waals surface area (Å²) < 4.78 is 0. The van der Waals surface area contributed by atoms with Crippen LogP contribution in [-0.4, -0.2) is 0 Å². The number of benzene rings is 1. The van der Waals surface area contributed by atoms with E-state index in [2.05, 4.69) is 12.6 Å². The van der Waals surface area contributed by atoms with Crippen LogP contribution >= 0.6 is 12.6 Å². The molecular weight excluding hydrogens is 142 g/mol. The molecule has 1 rings (SSSR count). The number of anilines is 1. The second kappa shape index (κ2) is 2.97. The molecule has 1 nitrogen and oxygen atoms in total. The molecule has 2 N–H and O–H groups in total. The lowest BCUT2D eigenvalue weighted by atomic mass is 10.1. The van der Waals surface area contributed by atoms with E-state index < -0.39 is 0 Å². The van der Waals surface area contributed by atoms with Crippen molar-refractivity contribution in [1.29, 1.82) is 0 Å². The maximum atomic E-state index is 5.67. The Hall–Kier alpha value is -0.630. The lowest BCUT2D eigenvalue weighted by Gasteiger charge is -2.06. The maximum absolute atomic E-state index is 5.67. The topological polar surface area (TPSA) is 26.0 Å². The lowest BCUT2D eigenvalue weighted by molar-refractivity contribution is 1.12. The van der Waals surface area contributed by atoms with E-state index in [1.165, 1.54) is 0 Å². The number of thiol groups is 1. The molecule has 0 aliphatic carbocycles. The Morgan fingerprint density at radius 2 is 2.00 bits per heavy atom. The summed E-state index contributed by atoms with van der Waals surface area (Å²) in [5.41, 5.74) is 7.60. The quantitative estimate of drug-likeness (QED) is 0.469. The van der Waals surface area contributed by atoms with Gasteiger partial charge >= 0.3 is 0 Å². The highest BCUT2D eigenvalue weighted by atomic mass is 32.1. The van der Waals surface area contributed by atoms with Gasteiger partial charge in [0.15, 0.2) is 0 Å². The third-order valence-electron chi connectivity index (χ3n) is 1.45. The second-order valence-corrected chi connectivity index (χ2v) is 3.08. The first kappa shape index (κ1) is 7.48. The molecule has 0 heterocycles. The van der Waals surface area contributed by atoms with Crippen LogP contribution in [0.4, 0.5) is 5.69 Å². The molecule has 1 atom stereocenters. The second-order valence-electron chi connectivity index (χ2n) is 2.30. The molecule has 0 radical (unpaired) electrons. The Balaban J connectivity index is 3.03. The van der Waals surface area contributed by atoms with Gasteiger partial charge in [0.2, 0.25) is 0 Å². The van der Waals surface area contributed by atoms with Crippen LogP contribution in [0.3, 0.4) is 0 Å². The summed E-state index contributed by atoms with van der Waals surface area (Å²) in [5.74, 6) is 0. The molecule has 0 aromatic heterocycles. The Morgan fingerprint density at radius 1 is 1.40 bits per heavy atom. The number of para-hydroxylation sites is 1. The summed E-state index contributed by atoms with van der Waals surface area (Å²) in [6, 6.07) is 7.78. The Bertz CT molecular complexity index is 220. The molecule has 2 heteroatoms. The van der Waals surface area contributed by atoms with Gasteiger partial charge < -0.3 is 5.73 Å². The first-order valence-electron chi connectivity index (χ1n) is 3.24. The maximum Gasteiger partial charge on any atom is 0.0357 e. The molecule has 0 fully saturated rings. The number of nitrogens with two attached hydrogens (primary N) is 1. The molecule has 0 saturated heterocycles. The van der Waals surface area contributed by atoms with Crippen molar-refractivity contribution < 1.29 is 0 Å². The highest BCUT2D eigenvalue weighted by Gasteiger charge is 2.01. The van der Waals surface area contributed by atoms with Crippen LogP contribution in [0.5, 0.6) is 0 Å². The zero-order chi connectivity index (χ0) is 7.56. The van der Waals surface area contributed by atoms with Crippen LogP contribution in [0.1, 0.15) is 17.7 Å². The zero-order valence-corrected chi connectivity index (χ0v) is 6.81. The Kier molecular flexibility index (Phi) is 2.22. The highest BCUT2D eigenvalue weighted by Crippen LogP contribution is 2.23. The van der Waals surface area contributed by atoms with Crippen molar-refractivity contribution >= 4 is 18.3 Å². The minimum atomic E-state index is 0.223. The fourth-order valence-electron chi connectivity index (χ4n) is 0.891. The minimum Gasteiger partial charge on any atom is -0.398 e. The van der Waals surface area contributed by atoms with E-state index in [1.54, 1.807) is 0 Å². The molecule has 0 spiro atoms. The largest absolute Gasteiger partial charge is 0.398 e. The van der Waals surface area contributed by atoms with Gasteiger partial charge in [0.05, 0.1) is 0 Å². The summed E-state index contributed by atoms with van der Waals surface area (Å²) in [6.07, 6.45) is 0. The summed E-state index contributed by atoms with van der Waals surface area (Å²) in [7, 11) is 0. The van der Waals surface area contributed by atoms with Gasteiger partial charge in [-0.1, -0.05) is 18.2 Å². The Labute approximate surface area is 66.7 Å². The molecule has 10 heavy (non-hydrogen) atoms. The van der Waals surface area contributed by atoms with E-state index in [-0.39, 0.29) is 5.25 Å². The first-order chi connectivity index (χ1) is 4.72. The van der Waals surface area contributed by atoms with Crippen LogP contribution in [0.2, 0.25) is 0 Å². The molecule has 0 amide bonds. The van der Waals surface area contributed by atoms with E-state index in [0.29, 0.717) is 0 Å². The van der Waals surface area contributed by atoms with Crippen molar-refractivity contribution in [3.63, 3.8) is 0 Å². The highest BCUT2D eigenvalue weighted by molar-refractivity contribution is 7.80.